The molecular formula is C23H43N3O15. The van der Waals surface area contributed by atoms with Gasteiger partial charge in [0.1, 0.15) is 61.2 Å². The van der Waals surface area contributed by atoms with E-state index in [2.05, 4.69) is 5.32 Å². The summed E-state index contributed by atoms with van der Waals surface area (Å²) in [5, 5.41) is 93.3. The molecule has 0 spiro atoms. The van der Waals surface area contributed by atoms with Gasteiger partial charge >= 0.3 is 5.97 Å². The Hall–Kier alpha value is -1.17. The van der Waals surface area contributed by atoms with Gasteiger partial charge in [0.2, 0.25) is 0 Å². The second-order valence-corrected chi connectivity index (χ2v) is 10.5. The summed E-state index contributed by atoms with van der Waals surface area (Å²) < 4.78 is 28.5. The molecule has 0 saturated carbocycles. The van der Waals surface area contributed by atoms with E-state index in [0.717, 1.165) is 0 Å². The molecule has 3 aliphatic heterocycles. The number of carbonyl (C=O) groups is 1. The van der Waals surface area contributed by atoms with Crippen molar-refractivity contribution in [3.8, 4) is 0 Å². The van der Waals surface area contributed by atoms with Gasteiger partial charge in [0, 0.05) is 6.42 Å². The topological polar surface area (TPSA) is 309 Å². The van der Waals surface area contributed by atoms with E-state index in [1.807, 2.05) is 0 Å². The summed E-state index contributed by atoms with van der Waals surface area (Å²) >= 11 is 0. The molecule has 0 aromatic carbocycles. The van der Waals surface area contributed by atoms with Crippen molar-refractivity contribution < 1.29 is 74.4 Å². The molecule has 0 radical (unpaired) electrons. The van der Waals surface area contributed by atoms with E-state index in [0.29, 0.717) is 0 Å². The Morgan fingerprint density at radius 2 is 1.29 bits per heavy atom. The van der Waals surface area contributed by atoms with E-state index in [1.54, 1.807) is 6.92 Å². The number of aliphatic hydroxyl groups is 8. The minimum absolute atomic E-state index is 0.161. The second-order valence-electron chi connectivity index (χ2n) is 10.5. The van der Waals surface area contributed by atoms with Crippen LogP contribution in [0.4, 0.5) is 0 Å². The SMILES string of the molecule is C[C@@H]1OC(CO)[C@@H](O[C@@H]2OC(CO)[C@@H](O[C@@H]3OC(CO)[C@@H](O)[C@H](O)C3N)[C@H](O)C2N)[C@H](O)C1NC(O)CCC(=O)O. The van der Waals surface area contributed by atoms with Crippen LogP contribution < -0.4 is 16.8 Å². The van der Waals surface area contributed by atoms with Crippen LogP contribution in [-0.2, 0) is 28.5 Å². The van der Waals surface area contributed by atoms with Gasteiger partial charge in [-0.15, -0.1) is 0 Å². The smallest absolute Gasteiger partial charge is 0.303 e. The summed E-state index contributed by atoms with van der Waals surface area (Å²) in [5.74, 6) is -1.12. The summed E-state index contributed by atoms with van der Waals surface area (Å²) in [5.41, 5.74) is 12.1. The number of rotatable bonds is 12. The lowest BCUT2D eigenvalue weighted by molar-refractivity contribution is -0.343. The number of carboxylic acid groups (broad SMARTS) is 1. The van der Waals surface area contributed by atoms with E-state index >= 15 is 0 Å². The average molecular weight is 602 g/mol. The van der Waals surface area contributed by atoms with E-state index in [9.17, 15) is 45.6 Å². The van der Waals surface area contributed by atoms with Gasteiger partial charge in [-0.1, -0.05) is 0 Å². The molecular weight excluding hydrogens is 558 g/mol. The van der Waals surface area contributed by atoms with Crippen LogP contribution >= 0.6 is 0 Å². The maximum atomic E-state index is 11.1. The van der Waals surface area contributed by atoms with Crippen molar-refractivity contribution >= 4 is 5.97 Å². The second kappa shape index (κ2) is 15.0. The highest BCUT2D eigenvalue weighted by Crippen LogP contribution is 2.31. The minimum atomic E-state index is -1.60. The number of carboxylic acids is 1. The van der Waals surface area contributed by atoms with E-state index in [4.69, 9.17) is 40.3 Å². The molecule has 3 rings (SSSR count). The Morgan fingerprint density at radius 1 is 0.805 bits per heavy atom. The van der Waals surface area contributed by atoms with Crippen LogP contribution in [0.1, 0.15) is 19.8 Å². The summed E-state index contributed by atoms with van der Waals surface area (Å²) in [4.78, 5) is 10.8. The van der Waals surface area contributed by atoms with E-state index < -0.39 is 124 Å². The first-order valence-electron chi connectivity index (χ1n) is 13.3. The Labute approximate surface area is 235 Å². The fourth-order valence-corrected chi connectivity index (χ4v) is 5.17. The highest BCUT2D eigenvalue weighted by Gasteiger charge is 2.52. The van der Waals surface area contributed by atoms with Crippen molar-refractivity contribution in [2.75, 3.05) is 19.8 Å². The van der Waals surface area contributed by atoms with E-state index in [-0.39, 0.29) is 12.8 Å². The number of ether oxygens (including phenoxy) is 5. The van der Waals surface area contributed by atoms with E-state index in [1.165, 1.54) is 0 Å². The largest absolute Gasteiger partial charge is 0.481 e. The Morgan fingerprint density at radius 3 is 1.83 bits per heavy atom. The lowest BCUT2D eigenvalue weighted by atomic mass is 9.92. The molecule has 3 heterocycles. The lowest BCUT2D eigenvalue weighted by Crippen LogP contribution is -2.69. The number of nitrogens with one attached hydrogen (secondary N) is 1. The number of aliphatic hydroxyl groups excluding tert-OH is 8. The minimum Gasteiger partial charge on any atom is -0.481 e. The predicted octanol–water partition coefficient (Wildman–Crippen LogP) is -6.79. The van der Waals surface area contributed by atoms with Crippen molar-refractivity contribution in [1.82, 2.24) is 5.32 Å². The molecule has 3 aliphatic rings. The Bertz CT molecular complexity index is 827. The zero-order chi connectivity index (χ0) is 30.6. The molecule has 0 aromatic heterocycles. The first-order valence-corrected chi connectivity index (χ1v) is 13.3. The van der Waals surface area contributed by atoms with Crippen LogP contribution in [0.15, 0.2) is 0 Å². The maximum absolute atomic E-state index is 11.1. The number of aliphatic carboxylic acids is 1. The van der Waals surface area contributed by atoms with Crippen LogP contribution in [-0.4, -0.2) is 170 Å². The maximum Gasteiger partial charge on any atom is 0.303 e. The molecule has 3 fully saturated rings. The number of hydrogen-bond donors (Lipinski definition) is 12. The molecule has 240 valence electrons. The standard InChI is InChI=1S/C23H43N3O15/c1-7-15(26-11(30)2-3-12(31)32)19(36)21(9(5-28)37-7)41-23-14(25)18(35)20(10(6-29)39-23)40-22-13(24)17(34)16(33)8(4-27)38-22/h7-11,13-23,26-30,33-36H,2-6,24-25H2,1H3,(H,31,32)/t7-,8?,9?,10?,11?,13?,14?,15?,16+,17+,18+,19+,20+,21+,22-,23-/m0/s1. The normalized spacial score (nSPS) is 46.3. The first-order chi connectivity index (χ1) is 19.3. The molecule has 16 atom stereocenters. The highest BCUT2D eigenvalue weighted by molar-refractivity contribution is 5.66. The van der Waals surface area contributed by atoms with Gasteiger partial charge in [-0.25, -0.2) is 0 Å². The summed E-state index contributed by atoms with van der Waals surface area (Å²) in [6.45, 7) is -0.433. The van der Waals surface area contributed by atoms with Crippen LogP contribution in [0.25, 0.3) is 0 Å². The van der Waals surface area contributed by atoms with Crippen LogP contribution in [0.5, 0.6) is 0 Å². The third-order valence-corrected chi connectivity index (χ3v) is 7.57. The third kappa shape index (κ3) is 7.87. The summed E-state index contributed by atoms with van der Waals surface area (Å²) in [6, 6.07) is -3.65. The quantitative estimate of drug-likeness (QED) is 0.0924. The monoisotopic (exact) mass is 601 g/mol. The summed E-state index contributed by atoms with van der Waals surface area (Å²) in [6.07, 6.45) is -17.9. The zero-order valence-electron chi connectivity index (χ0n) is 22.4. The van der Waals surface area contributed by atoms with Crippen molar-refractivity contribution in [3.05, 3.63) is 0 Å². The molecule has 0 aliphatic carbocycles. The molecule has 7 unspecified atom stereocenters. The van der Waals surface area contributed by atoms with Gasteiger partial charge in [-0.2, -0.15) is 0 Å². The van der Waals surface area contributed by atoms with Crippen LogP contribution in [0.3, 0.4) is 0 Å². The molecule has 14 N–H and O–H groups in total. The fraction of sp³-hybridized carbons (Fsp3) is 0.957. The van der Waals surface area contributed by atoms with Gasteiger partial charge in [0.25, 0.3) is 0 Å². The van der Waals surface area contributed by atoms with Gasteiger partial charge < -0.3 is 81.1 Å². The molecule has 41 heavy (non-hydrogen) atoms. The molecule has 0 amide bonds. The number of nitrogens with two attached hydrogens (primary N) is 2. The first kappa shape index (κ1) is 34.3. The molecule has 18 heteroatoms. The molecule has 0 bridgehead atoms. The van der Waals surface area contributed by atoms with Crippen LogP contribution in [0.2, 0.25) is 0 Å². The Kier molecular flexibility index (Phi) is 12.6. The summed E-state index contributed by atoms with van der Waals surface area (Å²) in [7, 11) is 0. The highest BCUT2D eigenvalue weighted by atomic mass is 16.7. The third-order valence-electron chi connectivity index (χ3n) is 7.57. The molecule has 18 nitrogen and oxygen atoms in total. The van der Waals surface area contributed by atoms with Crippen molar-refractivity contribution in [3.63, 3.8) is 0 Å². The predicted molar refractivity (Wildman–Crippen MR) is 132 cm³/mol. The van der Waals surface area contributed by atoms with Crippen molar-refractivity contribution in [2.45, 2.75) is 118 Å². The van der Waals surface area contributed by atoms with Gasteiger partial charge in [0.05, 0.1) is 44.1 Å². The van der Waals surface area contributed by atoms with Crippen molar-refractivity contribution in [1.29, 1.82) is 0 Å². The fourth-order valence-electron chi connectivity index (χ4n) is 5.17. The van der Waals surface area contributed by atoms with Crippen LogP contribution in [0, 0.1) is 0 Å². The molecule has 3 saturated heterocycles. The Balaban J connectivity index is 1.71. The number of hydrogen-bond acceptors (Lipinski definition) is 17. The zero-order valence-corrected chi connectivity index (χ0v) is 22.4. The molecule has 0 aromatic rings. The lowest BCUT2D eigenvalue weighted by Gasteiger charge is -2.49. The van der Waals surface area contributed by atoms with Gasteiger partial charge in [0.15, 0.2) is 12.6 Å². The van der Waals surface area contributed by atoms with Gasteiger partial charge in [-0.05, 0) is 13.3 Å². The van der Waals surface area contributed by atoms with Gasteiger partial charge in [-0.3, -0.25) is 10.1 Å². The van der Waals surface area contributed by atoms with Crippen molar-refractivity contribution in [2.24, 2.45) is 11.5 Å². The average Bonchev–Trinajstić information content (AvgIpc) is 2.94.